The van der Waals surface area contributed by atoms with Crippen molar-refractivity contribution in [1.82, 2.24) is 58.3 Å². The van der Waals surface area contributed by atoms with Crippen molar-refractivity contribution in [1.29, 1.82) is 15.8 Å². The molecule has 0 radical (unpaired) electrons. The van der Waals surface area contributed by atoms with Crippen LogP contribution in [0.3, 0.4) is 0 Å². The third-order valence-electron chi connectivity index (χ3n) is 24.9. The largest absolute Gasteiger partial charge is 0.396 e. The van der Waals surface area contributed by atoms with E-state index < -0.39 is 78.6 Å². The van der Waals surface area contributed by atoms with Gasteiger partial charge in [0.2, 0.25) is 17.7 Å². The zero-order chi connectivity index (χ0) is 104. The van der Waals surface area contributed by atoms with Gasteiger partial charge in [0, 0.05) is 110 Å². The second-order valence-electron chi connectivity index (χ2n) is 35.3. The van der Waals surface area contributed by atoms with Crippen LogP contribution in [0.25, 0.3) is 83.9 Å². The molecule has 15 rings (SSSR count). The van der Waals surface area contributed by atoms with Gasteiger partial charge in [0.1, 0.15) is 51.8 Å². The van der Waals surface area contributed by atoms with Gasteiger partial charge in [-0.05, 0) is 151 Å². The Bertz CT molecular complexity index is 6860. The molecule has 3 aliphatic rings. The maximum atomic E-state index is 15.8. The van der Waals surface area contributed by atoms with E-state index in [1.807, 2.05) is 99.0 Å². The number of rotatable bonds is 15. The van der Waals surface area contributed by atoms with E-state index in [-0.39, 0.29) is 242 Å². The van der Waals surface area contributed by atoms with E-state index in [2.05, 4.69) is 51.8 Å². The molecular formula is C99H90Cl9F6N21O6. The van der Waals surface area contributed by atoms with Crippen LogP contribution in [0.4, 0.5) is 60.5 Å². The number of piperazine rings is 3. The number of fused-ring (bicyclic) bond motifs is 3. The summed E-state index contributed by atoms with van der Waals surface area (Å²) in [5.74, 6) is -11.1. The Morgan fingerprint density at radius 2 is 0.631 bits per heavy atom. The van der Waals surface area contributed by atoms with Crippen LogP contribution >= 0.6 is 104 Å². The predicted molar refractivity (Wildman–Crippen MR) is 545 cm³/mol. The van der Waals surface area contributed by atoms with Crippen molar-refractivity contribution >= 4 is 189 Å². The fraction of sp³-hybridized carbons (Fsp3) is 0.303. The lowest BCUT2D eigenvalue weighted by molar-refractivity contribution is -0.131. The number of aromatic nitrogens is 9. The van der Waals surface area contributed by atoms with Gasteiger partial charge >= 0.3 is 0 Å². The highest BCUT2D eigenvalue weighted by Gasteiger charge is 2.42. The van der Waals surface area contributed by atoms with Gasteiger partial charge in [0.05, 0.1) is 147 Å². The van der Waals surface area contributed by atoms with Gasteiger partial charge in [0.25, 0.3) is 16.7 Å². The second kappa shape index (κ2) is 41.5. The minimum Gasteiger partial charge on any atom is -0.396 e. The molecule has 27 nitrogen and oxygen atoms in total. The normalized spacial score (nSPS) is 16.6. The van der Waals surface area contributed by atoms with Crippen LogP contribution in [0.2, 0.25) is 45.2 Å². The molecule has 732 valence electrons. The Morgan fingerprint density at radius 3 is 0.872 bits per heavy atom. The molecule has 0 spiro atoms. The number of hydrogen-bond acceptors (Lipinski definition) is 21. The number of halogens is 15. The fourth-order valence-electron chi connectivity index (χ4n) is 18.8. The van der Waals surface area contributed by atoms with Crippen molar-refractivity contribution in [2.24, 2.45) is 0 Å². The molecular weight excluding hydrogens is 2010 g/mol. The van der Waals surface area contributed by atoms with Gasteiger partial charge in [-0.1, -0.05) is 166 Å². The molecule has 3 aliphatic heterocycles. The Hall–Kier alpha value is -12.7. The van der Waals surface area contributed by atoms with Crippen LogP contribution in [-0.4, -0.2) is 152 Å². The molecule has 0 aliphatic carbocycles. The lowest BCUT2D eigenvalue weighted by Crippen LogP contribution is -2.58. The highest BCUT2D eigenvalue weighted by molar-refractivity contribution is 6.48. The molecule has 12 heterocycles. The first-order valence-corrected chi connectivity index (χ1v) is 47.3. The first-order valence-electron chi connectivity index (χ1n) is 43.9. The van der Waals surface area contributed by atoms with E-state index in [4.69, 9.17) is 132 Å². The molecule has 3 saturated heterocycles. The summed E-state index contributed by atoms with van der Waals surface area (Å²) in [4.78, 5) is 120. The molecule has 0 unspecified atom stereocenters. The number of nitriles is 3. The zero-order valence-electron chi connectivity index (χ0n) is 78.4. The lowest BCUT2D eigenvalue weighted by atomic mass is 10.0. The quantitative estimate of drug-likeness (QED) is 0.0282. The number of anilines is 6. The highest BCUT2D eigenvalue weighted by atomic mass is 35.5. The molecule has 12 aromatic rings. The summed E-state index contributed by atoms with van der Waals surface area (Å²) in [5.41, 5.74) is 16.7. The zero-order valence-corrected chi connectivity index (χ0v) is 85.2. The van der Waals surface area contributed by atoms with Gasteiger partial charge in [0.15, 0.2) is 34.9 Å². The molecule has 141 heavy (non-hydrogen) atoms. The maximum Gasteiger partial charge on any atom is 0.276 e. The molecule has 3 aromatic carbocycles. The number of pyridine rings is 9. The monoisotopic (exact) mass is 2100 g/mol. The van der Waals surface area contributed by atoms with E-state index in [0.717, 1.165) is 4.57 Å². The third-order valence-corrected chi connectivity index (χ3v) is 28.3. The predicted octanol–water partition coefficient (Wildman–Crippen LogP) is 21.6. The summed E-state index contributed by atoms with van der Waals surface area (Å²) in [7, 11) is 0. The lowest BCUT2D eigenvalue weighted by Gasteiger charge is -2.45. The molecule has 3 amide bonds. The number of benzene rings is 3. The topological polar surface area (TPSA) is 363 Å². The Morgan fingerprint density at radius 1 is 0.383 bits per heavy atom. The van der Waals surface area contributed by atoms with Gasteiger partial charge in [-0.15, -0.1) is 0 Å². The van der Waals surface area contributed by atoms with E-state index >= 15 is 13.2 Å². The number of carbonyl (C=O) groups is 3. The number of aryl methyl sites for hydroxylation is 3. The minimum atomic E-state index is -2.12. The number of nitrogens with zero attached hydrogens (tertiary/aromatic N) is 18. The average Bonchev–Trinajstić information content (AvgIpc) is 0.725. The summed E-state index contributed by atoms with van der Waals surface area (Å²) >= 11 is 58.0. The van der Waals surface area contributed by atoms with Crippen LogP contribution in [0.15, 0.2) is 107 Å². The number of nitrogens with two attached hydrogens (primary N) is 3. The van der Waals surface area contributed by atoms with E-state index in [1.165, 1.54) is 45.6 Å². The first-order chi connectivity index (χ1) is 66.5. The van der Waals surface area contributed by atoms with Crippen LogP contribution in [0.1, 0.15) is 151 Å². The molecule has 3 fully saturated rings. The van der Waals surface area contributed by atoms with Crippen molar-refractivity contribution < 1.29 is 40.7 Å². The molecule has 0 saturated carbocycles. The number of nitrogen functional groups attached to an aromatic ring is 3. The Kier molecular flexibility index (Phi) is 31.0. The second-order valence-corrected chi connectivity index (χ2v) is 38.8. The average molecular weight is 2100 g/mol. The van der Waals surface area contributed by atoms with Crippen molar-refractivity contribution in [2.75, 3.05) is 71.2 Å². The van der Waals surface area contributed by atoms with Crippen LogP contribution in [-0.2, 0) is 14.4 Å². The minimum absolute atomic E-state index is 0.0556. The standard InChI is InChI=1S/2C33H30Cl4FN7O2.C33H30ClF4N7O2/c2*1-7-21(46)44-16(5)12-43(13-17(44)6)31-18-10-20(34)29(22-23(35)27(40)25(37)24(36)26(22)38)42-32(18)45(33(47)19(31)11-39)30-15(4)8-9-41-28(30)14(2)3;1-7-21(46)44-16(5)12-43(13-17(44)6)31-18-10-20(34)29(22-23(35)24(36)25(37)26(38)27(22)40)42-32(18)45(33(47)19(31)11-39)30-15(4)8-9-41-28(30)14(2)3/h3*7-10,14,16-17H,1,12-13,40H2,2-6H3/t3*16-,17+. The smallest absolute Gasteiger partial charge is 0.276 e. The Labute approximate surface area is 850 Å². The van der Waals surface area contributed by atoms with Gasteiger partial charge in [-0.3, -0.25) is 57.4 Å². The van der Waals surface area contributed by atoms with Gasteiger partial charge < -0.3 is 46.6 Å². The van der Waals surface area contributed by atoms with E-state index in [9.17, 15) is 57.7 Å². The summed E-state index contributed by atoms with van der Waals surface area (Å²) in [6.07, 6.45) is 8.55. The number of amides is 3. The Balaban J connectivity index is 0.000000178. The molecule has 42 heteroatoms. The van der Waals surface area contributed by atoms with Crippen LogP contribution in [0.5, 0.6) is 0 Å². The van der Waals surface area contributed by atoms with Gasteiger partial charge in [-0.2, -0.15) is 15.8 Å². The SMILES string of the molecule is C=CC(=O)N1[C@H](C)CN(c2c(C#N)c(=O)n(-c3c(C)ccnc3C(C)C)c3nc(-c4c(F)c(Cl)c(Cl)c(N)c4Cl)c(Cl)cc23)C[C@@H]1C.C=CC(=O)N1[C@H](C)CN(c2c(C#N)c(=O)n(-c3c(C)ccnc3C(C)C)c3nc(-c4c(F)c(Cl)c(Cl)c(N)c4Cl)c(Cl)cc23)C[C@@H]1C.C=CC(=O)N1[C@H](C)CN(c2c(C#N)c(=O)n(-c3c(C)ccnc3C(C)C)c3nc(-c4c(N)c(F)c(F)c(F)c4F)c(Cl)cc23)C[C@@H]1C. The van der Waals surface area contributed by atoms with Crippen LogP contribution in [0, 0.1) is 89.7 Å². The summed E-state index contributed by atoms with van der Waals surface area (Å²) in [6.45, 7) is 40.2. The fourth-order valence-corrected chi connectivity index (χ4v) is 20.9. The third kappa shape index (κ3) is 18.4. The molecule has 9 aromatic heterocycles. The van der Waals surface area contributed by atoms with E-state index in [1.54, 1.807) is 77.2 Å². The number of carbonyl (C=O) groups excluding carboxylic acids is 3. The van der Waals surface area contributed by atoms with Crippen molar-refractivity contribution in [3.05, 3.63) is 255 Å². The summed E-state index contributed by atoms with van der Waals surface area (Å²) in [5, 5.41) is 29.9. The molecule has 6 N–H and O–H groups in total. The van der Waals surface area contributed by atoms with Crippen molar-refractivity contribution in [3.63, 3.8) is 0 Å². The van der Waals surface area contributed by atoms with Gasteiger partial charge in [-0.25, -0.2) is 41.3 Å². The van der Waals surface area contributed by atoms with E-state index in [0.29, 0.717) is 55.9 Å². The van der Waals surface area contributed by atoms with Crippen molar-refractivity contribution in [2.45, 2.75) is 158 Å². The highest BCUT2D eigenvalue weighted by Crippen LogP contribution is 2.51. The summed E-state index contributed by atoms with van der Waals surface area (Å²) in [6, 6.07) is 13.7. The first kappa shape index (κ1) is 106. The van der Waals surface area contributed by atoms with Crippen LogP contribution < -0.4 is 48.6 Å². The molecule has 6 atom stereocenters. The molecule has 0 bridgehead atoms. The maximum absolute atomic E-state index is 15.8. The number of hydrogen-bond donors (Lipinski definition) is 3. The summed E-state index contributed by atoms with van der Waals surface area (Å²) < 4.78 is 93.8. The van der Waals surface area contributed by atoms with Crippen molar-refractivity contribution in [3.8, 4) is 69.0 Å².